The van der Waals surface area contributed by atoms with Crippen molar-refractivity contribution in [1.82, 2.24) is 0 Å². The van der Waals surface area contributed by atoms with Crippen molar-refractivity contribution in [3.8, 4) is 0 Å². The van der Waals surface area contributed by atoms with Crippen LogP contribution in [0, 0.1) is 6.92 Å². The maximum absolute atomic E-state index is 2.32. The van der Waals surface area contributed by atoms with Crippen LogP contribution in [0.2, 0.25) is 0 Å². The van der Waals surface area contributed by atoms with Crippen LogP contribution in [0.1, 0.15) is 53.5 Å². The molecule has 0 N–H and O–H groups in total. The Morgan fingerprint density at radius 2 is 1.09 bits per heavy atom. The van der Waals surface area contributed by atoms with Crippen LogP contribution < -0.4 is 0 Å². The van der Waals surface area contributed by atoms with E-state index in [1.54, 1.807) is 0 Å². The van der Waals surface area contributed by atoms with Gasteiger partial charge in [0.15, 0.2) is 0 Å². The summed E-state index contributed by atoms with van der Waals surface area (Å²) in [4.78, 5) is 0. The molecule has 2 unspecified atom stereocenters. The average Bonchev–Trinajstić information content (AvgIpc) is 2.62. The molecular weight excluding hydrogens is 276 g/mol. The fourth-order valence-corrected chi connectivity index (χ4v) is 3.50. The SMILES string of the molecule is Cc1cccc(C(C)c2ccccc2)c1C(C)c1ccccc1. The molecule has 0 radical (unpaired) electrons. The van der Waals surface area contributed by atoms with Crippen LogP contribution in [0.5, 0.6) is 0 Å². The highest BCUT2D eigenvalue weighted by molar-refractivity contribution is 5.46. The molecule has 0 bridgehead atoms. The Labute approximate surface area is 139 Å². The van der Waals surface area contributed by atoms with E-state index in [9.17, 15) is 0 Å². The summed E-state index contributed by atoms with van der Waals surface area (Å²) in [5, 5.41) is 0. The number of hydrogen-bond acceptors (Lipinski definition) is 0. The summed E-state index contributed by atoms with van der Waals surface area (Å²) in [5.41, 5.74) is 7.03. The molecule has 0 saturated heterocycles. The number of rotatable bonds is 4. The van der Waals surface area contributed by atoms with Crippen LogP contribution in [0.25, 0.3) is 0 Å². The maximum atomic E-state index is 2.32. The molecule has 0 fully saturated rings. The van der Waals surface area contributed by atoms with Gasteiger partial charge in [-0.25, -0.2) is 0 Å². The summed E-state index contributed by atoms with van der Waals surface area (Å²) in [5.74, 6) is 0.802. The third-order valence-corrected chi connectivity index (χ3v) is 4.86. The minimum atomic E-state index is 0.400. The van der Waals surface area contributed by atoms with Crippen molar-refractivity contribution in [2.45, 2.75) is 32.6 Å². The first-order valence-electron chi connectivity index (χ1n) is 8.37. The molecule has 0 saturated carbocycles. The van der Waals surface area contributed by atoms with Crippen molar-refractivity contribution < 1.29 is 0 Å². The van der Waals surface area contributed by atoms with Gasteiger partial charge in [0, 0.05) is 11.8 Å². The van der Waals surface area contributed by atoms with E-state index in [1.807, 2.05) is 0 Å². The van der Waals surface area contributed by atoms with E-state index in [2.05, 4.69) is 99.6 Å². The predicted octanol–water partition coefficient (Wildman–Crippen LogP) is 6.30. The molecule has 3 aromatic rings. The van der Waals surface area contributed by atoms with E-state index in [4.69, 9.17) is 0 Å². The van der Waals surface area contributed by atoms with Gasteiger partial charge in [0.25, 0.3) is 0 Å². The Kier molecular flexibility index (Phi) is 4.62. The van der Waals surface area contributed by atoms with E-state index in [0.717, 1.165) is 0 Å². The van der Waals surface area contributed by atoms with E-state index in [0.29, 0.717) is 11.8 Å². The second-order valence-corrected chi connectivity index (χ2v) is 6.34. The van der Waals surface area contributed by atoms with E-state index < -0.39 is 0 Å². The van der Waals surface area contributed by atoms with Gasteiger partial charge >= 0.3 is 0 Å². The third kappa shape index (κ3) is 3.22. The minimum Gasteiger partial charge on any atom is -0.0622 e. The van der Waals surface area contributed by atoms with Crippen LogP contribution in [-0.2, 0) is 0 Å². The predicted molar refractivity (Wildman–Crippen MR) is 99.1 cm³/mol. The second-order valence-electron chi connectivity index (χ2n) is 6.34. The number of aryl methyl sites for hydroxylation is 1. The molecule has 0 aliphatic carbocycles. The number of hydrogen-bond donors (Lipinski definition) is 0. The molecule has 0 heterocycles. The second kappa shape index (κ2) is 6.83. The van der Waals surface area contributed by atoms with Gasteiger partial charge in [-0.2, -0.15) is 0 Å². The van der Waals surface area contributed by atoms with Gasteiger partial charge in [0.05, 0.1) is 0 Å². The first-order valence-corrected chi connectivity index (χ1v) is 8.37. The highest BCUT2D eigenvalue weighted by Crippen LogP contribution is 2.35. The molecule has 116 valence electrons. The molecule has 23 heavy (non-hydrogen) atoms. The monoisotopic (exact) mass is 300 g/mol. The lowest BCUT2D eigenvalue weighted by atomic mass is 9.81. The molecule has 0 aromatic heterocycles. The first kappa shape index (κ1) is 15.6. The lowest BCUT2D eigenvalue weighted by Gasteiger charge is -2.24. The van der Waals surface area contributed by atoms with Crippen molar-refractivity contribution in [1.29, 1.82) is 0 Å². The van der Waals surface area contributed by atoms with Crippen LogP contribution in [0.3, 0.4) is 0 Å². The standard InChI is InChI=1S/C23H24/c1-17-11-10-16-22(18(2)20-12-6-4-7-13-20)23(17)19(3)21-14-8-5-9-15-21/h4-16,18-19H,1-3H3. The molecule has 0 amide bonds. The number of benzene rings is 3. The van der Waals surface area contributed by atoms with Gasteiger partial charge in [-0.15, -0.1) is 0 Å². The van der Waals surface area contributed by atoms with Gasteiger partial charge in [-0.05, 0) is 34.7 Å². The summed E-state index contributed by atoms with van der Waals surface area (Å²) < 4.78 is 0. The van der Waals surface area contributed by atoms with Gasteiger partial charge in [-0.1, -0.05) is 92.7 Å². The molecule has 0 nitrogen and oxygen atoms in total. The fourth-order valence-electron chi connectivity index (χ4n) is 3.50. The summed E-state index contributed by atoms with van der Waals surface area (Å²) in [6, 6.07) is 28.3. The van der Waals surface area contributed by atoms with E-state index in [1.165, 1.54) is 27.8 Å². The van der Waals surface area contributed by atoms with Gasteiger partial charge < -0.3 is 0 Å². The average molecular weight is 300 g/mol. The summed E-state index contributed by atoms with van der Waals surface area (Å²) in [6.45, 7) is 6.86. The van der Waals surface area contributed by atoms with Crippen molar-refractivity contribution >= 4 is 0 Å². The normalized spacial score (nSPS) is 13.5. The topological polar surface area (TPSA) is 0 Å². The van der Waals surface area contributed by atoms with Crippen molar-refractivity contribution in [3.05, 3.63) is 107 Å². The smallest absolute Gasteiger partial charge is 0.00665 e. The van der Waals surface area contributed by atoms with Crippen LogP contribution >= 0.6 is 0 Å². The Balaban J connectivity index is 2.07. The molecule has 2 atom stereocenters. The Morgan fingerprint density at radius 1 is 0.565 bits per heavy atom. The Bertz CT molecular complexity index is 757. The molecule has 0 aliphatic rings. The quantitative estimate of drug-likeness (QED) is 0.530. The minimum absolute atomic E-state index is 0.400. The van der Waals surface area contributed by atoms with E-state index in [-0.39, 0.29) is 0 Å². The zero-order chi connectivity index (χ0) is 16.2. The molecule has 0 heteroatoms. The lowest BCUT2D eigenvalue weighted by molar-refractivity contribution is 0.834. The molecular formula is C23H24. The van der Waals surface area contributed by atoms with Crippen molar-refractivity contribution in [2.24, 2.45) is 0 Å². The zero-order valence-electron chi connectivity index (χ0n) is 14.2. The van der Waals surface area contributed by atoms with Crippen LogP contribution in [-0.4, -0.2) is 0 Å². The lowest BCUT2D eigenvalue weighted by Crippen LogP contribution is -2.07. The highest BCUT2D eigenvalue weighted by Gasteiger charge is 2.19. The maximum Gasteiger partial charge on any atom is 0.00665 e. The van der Waals surface area contributed by atoms with Gasteiger partial charge in [0.2, 0.25) is 0 Å². The van der Waals surface area contributed by atoms with Crippen LogP contribution in [0.15, 0.2) is 78.9 Å². The van der Waals surface area contributed by atoms with Crippen molar-refractivity contribution in [2.75, 3.05) is 0 Å². The van der Waals surface area contributed by atoms with Gasteiger partial charge in [0.1, 0.15) is 0 Å². The largest absolute Gasteiger partial charge is 0.0622 e. The van der Waals surface area contributed by atoms with E-state index >= 15 is 0 Å². The summed E-state index contributed by atoms with van der Waals surface area (Å²) >= 11 is 0. The highest BCUT2D eigenvalue weighted by atomic mass is 14.2. The molecule has 3 rings (SSSR count). The van der Waals surface area contributed by atoms with Crippen LogP contribution in [0.4, 0.5) is 0 Å². The van der Waals surface area contributed by atoms with Gasteiger partial charge in [-0.3, -0.25) is 0 Å². The van der Waals surface area contributed by atoms with Crippen molar-refractivity contribution in [3.63, 3.8) is 0 Å². The third-order valence-electron chi connectivity index (χ3n) is 4.86. The fraction of sp³-hybridized carbons (Fsp3) is 0.217. The Morgan fingerprint density at radius 3 is 1.65 bits per heavy atom. The zero-order valence-corrected chi connectivity index (χ0v) is 14.2. The first-order chi connectivity index (χ1) is 11.2. The Hall–Kier alpha value is -2.34. The molecule has 0 aliphatic heterocycles. The molecule has 3 aromatic carbocycles. The summed E-state index contributed by atoms with van der Waals surface area (Å²) in [7, 11) is 0. The summed E-state index contributed by atoms with van der Waals surface area (Å²) in [6.07, 6.45) is 0. The molecule has 0 spiro atoms.